The molecule has 3 aromatic rings. The molecule has 0 amide bonds. The van der Waals surface area contributed by atoms with Gasteiger partial charge in [-0.3, -0.25) is 0 Å². The summed E-state index contributed by atoms with van der Waals surface area (Å²) in [4.78, 5) is 8.60. The second kappa shape index (κ2) is 7.75. The van der Waals surface area contributed by atoms with Gasteiger partial charge in [-0.25, -0.2) is 4.98 Å². The lowest BCUT2D eigenvalue weighted by atomic mass is 10.1. The van der Waals surface area contributed by atoms with E-state index in [0.717, 1.165) is 11.6 Å². The summed E-state index contributed by atoms with van der Waals surface area (Å²) in [7, 11) is 1.55. The standard InChI is InChI=1S/C20H19F3N4O/c1-12-8-9-17(28-3)16(10-12)26-19-24-13(2)11-18(27-19)25-15-7-5-4-6-14(15)20(21,22)23/h4-11H,1-3H3,(H2,24,25,26,27). The van der Waals surface area contributed by atoms with Crippen molar-refractivity contribution in [2.75, 3.05) is 17.7 Å². The third-order valence-electron chi connectivity index (χ3n) is 3.95. The molecule has 8 heteroatoms. The average Bonchev–Trinajstić information content (AvgIpc) is 2.61. The van der Waals surface area contributed by atoms with E-state index in [9.17, 15) is 13.2 Å². The molecule has 3 rings (SSSR count). The molecule has 0 fully saturated rings. The van der Waals surface area contributed by atoms with E-state index in [4.69, 9.17) is 4.74 Å². The molecule has 5 nitrogen and oxygen atoms in total. The average molecular weight is 388 g/mol. The molecule has 2 N–H and O–H groups in total. The lowest BCUT2D eigenvalue weighted by molar-refractivity contribution is -0.136. The van der Waals surface area contributed by atoms with Crippen molar-refractivity contribution in [1.82, 2.24) is 9.97 Å². The molecule has 0 saturated carbocycles. The first kappa shape index (κ1) is 19.5. The van der Waals surface area contributed by atoms with Crippen LogP contribution in [-0.2, 0) is 6.18 Å². The number of rotatable bonds is 5. The molecule has 28 heavy (non-hydrogen) atoms. The maximum atomic E-state index is 13.2. The highest BCUT2D eigenvalue weighted by molar-refractivity contribution is 5.66. The molecule has 146 valence electrons. The van der Waals surface area contributed by atoms with Crippen LogP contribution in [0.25, 0.3) is 0 Å². The Morgan fingerprint density at radius 1 is 0.893 bits per heavy atom. The number of halogens is 3. The Kier molecular flexibility index (Phi) is 5.39. The van der Waals surface area contributed by atoms with Crippen LogP contribution in [0.3, 0.4) is 0 Å². The zero-order valence-electron chi connectivity index (χ0n) is 15.6. The molecule has 0 spiro atoms. The van der Waals surface area contributed by atoms with Crippen LogP contribution in [0.2, 0.25) is 0 Å². The van der Waals surface area contributed by atoms with E-state index in [1.807, 2.05) is 25.1 Å². The van der Waals surface area contributed by atoms with Crippen LogP contribution < -0.4 is 15.4 Å². The van der Waals surface area contributed by atoms with Gasteiger partial charge < -0.3 is 15.4 Å². The monoisotopic (exact) mass is 388 g/mol. The van der Waals surface area contributed by atoms with Gasteiger partial charge in [0.15, 0.2) is 0 Å². The predicted octanol–water partition coefficient (Wildman–Crippen LogP) is 5.61. The topological polar surface area (TPSA) is 59.1 Å². The summed E-state index contributed by atoms with van der Waals surface area (Å²) in [5.41, 5.74) is 1.42. The normalized spacial score (nSPS) is 11.2. The van der Waals surface area contributed by atoms with Crippen molar-refractivity contribution < 1.29 is 17.9 Å². The summed E-state index contributed by atoms with van der Waals surface area (Å²) in [6.45, 7) is 3.67. The highest BCUT2D eigenvalue weighted by atomic mass is 19.4. The van der Waals surface area contributed by atoms with Crippen LogP contribution in [0.15, 0.2) is 48.5 Å². The Morgan fingerprint density at radius 3 is 2.36 bits per heavy atom. The Hall–Kier alpha value is -3.29. The van der Waals surface area contributed by atoms with Gasteiger partial charge in [0.05, 0.1) is 24.0 Å². The van der Waals surface area contributed by atoms with Gasteiger partial charge in [-0.15, -0.1) is 0 Å². The summed E-state index contributed by atoms with van der Waals surface area (Å²) in [5, 5.41) is 5.81. The van der Waals surface area contributed by atoms with Crippen LogP contribution in [0, 0.1) is 13.8 Å². The van der Waals surface area contributed by atoms with Gasteiger partial charge in [0.2, 0.25) is 5.95 Å². The van der Waals surface area contributed by atoms with Crippen LogP contribution >= 0.6 is 0 Å². The second-order valence-electron chi connectivity index (χ2n) is 6.22. The molecule has 2 aromatic carbocycles. The first-order valence-corrected chi connectivity index (χ1v) is 8.47. The van der Waals surface area contributed by atoms with E-state index >= 15 is 0 Å². The van der Waals surface area contributed by atoms with Crippen molar-refractivity contribution in [2.24, 2.45) is 0 Å². The minimum Gasteiger partial charge on any atom is -0.495 e. The van der Waals surface area contributed by atoms with Gasteiger partial charge in [0.1, 0.15) is 11.6 Å². The highest BCUT2D eigenvalue weighted by Gasteiger charge is 2.33. The number of hydrogen-bond donors (Lipinski definition) is 2. The molecule has 0 bridgehead atoms. The number of alkyl halides is 3. The third-order valence-corrected chi connectivity index (χ3v) is 3.95. The van der Waals surface area contributed by atoms with E-state index in [1.165, 1.54) is 18.2 Å². The molecular weight excluding hydrogens is 369 g/mol. The smallest absolute Gasteiger partial charge is 0.418 e. The fourth-order valence-corrected chi connectivity index (χ4v) is 2.71. The molecular formula is C20H19F3N4O. The first-order valence-electron chi connectivity index (χ1n) is 8.47. The van der Waals surface area contributed by atoms with Gasteiger partial charge >= 0.3 is 6.18 Å². The van der Waals surface area contributed by atoms with Crippen LogP contribution in [-0.4, -0.2) is 17.1 Å². The van der Waals surface area contributed by atoms with Crippen molar-refractivity contribution >= 4 is 23.1 Å². The molecule has 0 aliphatic heterocycles. The minimum atomic E-state index is -4.47. The van der Waals surface area contributed by atoms with Crippen molar-refractivity contribution in [3.05, 3.63) is 65.4 Å². The van der Waals surface area contributed by atoms with Crippen molar-refractivity contribution in [2.45, 2.75) is 20.0 Å². The minimum absolute atomic E-state index is 0.0767. The summed E-state index contributed by atoms with van der Waals surface area (Å²) >= 11 is 0. The lowest BCUT2D eigenvalue weighted by Crippen LogP contribution is -2.09. The summed E-state index contributed by atoms with van der Waals surface area (Å²) in [5.74, 6) is 1.10. The summed E-state index contributed by atoms with van der Waals surface area (Å²) in [6.07, 6.45) is -4.47. The third kappa shape index (κ3) is 4.51. The van der Waals surface area contributed by atoms with Gasteiger partial charge in [-0.2, -0.15) is 18.2 Å². The fourth-order valence-electron chi connectivity index (χ4n) is 2.71. The second-order valence-corrected chi connectivity index (χ2v) is 6.22. The Labute approximate surface area is 160 Å². The molecule has 0 unspecified atom stereocenters. The quantitative estimate of drug-likeness (QED) is 0.595. The van der Waals surface area contributed by atoms with Crippen LogP contribution in [0.4, 0.5) is 36.3 Å². The molecule has 0 radical (unpaired) electrons. The van der Waals surface area contributed by atoms with Gasteiger partial charge in [0, 0.05) is 11.8 Å². The fraction of sp³-hybridized carbons (Fsp3) is 0.200. The van der Waals surface area contributed by atoms with E-state index in [-0.39, 0.29) is 17.5 Å². The predicted molar refractivity (Wildman–Crippen MR) is 103 cm³/mol. The number of para-hydroxylation sites is 1. The first-order chi connectivity index (χ1) is 13.3. The number of nitrogens with one attached hydrogen (secondary N) is 2. The molecule has 1 aromatic heterocycles. The van der Waals surface area contributed by atoms with E-state index in [2.05, 4.69) is 20.6 Å². The van der Waals surface area contributed by atoms with Gasteiger partial charge in [-0.1, -0.05) is 18.2 Å². The number of nitrogens with zero attached hydrogens (tertiary/aromatic N) is 2. The summed E-state index contributed by atoms with van der Waals surface area (Å²) < 4.78 is 45.0. The van der Waals surface area contributed by atoms with Gasteiger partial charge in [0.25, 0.3) is 0 Å². The van der Waals surface area contributed by atoms with E-state index in [1.54, 1.807) is 20.1 Å². The SMILES string of the molecule is COc1ccc(C)cc1Nc1nc(C)cc(Nc2ccccc2C(F)(F)F)n1. The number of aromatic nitrogens is 2. The maximum Gasteiger partial charge on any atom is 0.418 e. The number of hydrogen-bond acceptors (Lipinski definition) is 5. The highest BCUT2D eigenvalue weighted by Crippen LogP contribution is 2.36. The molecule has 0 aliphatic rings. The van der Waals surface area contributed by atoms with Crippen molar-refractivity contribution in [3.8, 4) is 5.75 Å². The van der Waals surface area contributed by atoms with Gasteiger partial charge in [-0.05, 0) is 43.7 Å². The van der Waals surface area contributed by atoms with Crippen LogP contribution in [0.5, 0.6) is 5.75 Å². The Balaban J connectivity index is 1.93. The Bertz CT molecular complexity index is 989. The largest absolute Gasteiger partial charge is 0.495 e. The molecule has 0 atom stereocenters. The number of aryl methyl sites for hydroxylation is 2. The van der Waals surface area contributed by atoms with Crippen molar-refractivity contribution in [3.63, 3.8) is 0 Å². The molecule has 0 aliphatic carbocycles. The van der Waals surface area contributed by atoms with Crippen LogP contribution in [0.1, 0.15) is 16.8 Å². The molecule has 0 saturated heterocycles. The molecule has 1 heterocycles. The zero-order valence-corrected chi connectivity index (χ0v) is 15.6. The number of ether oxygens (including phenoxy) is 1. The Morgan fingerprint density at radius 2 is 1.64 bits per heavy atom. The zero-order chi connectivity index (χ0) is 20.3. The maximum absolute atomic E-state index is 13.2. The number of methoxy groups -OCH3 is 1. The lowest BCUT2D eigenvalue weighted by Gasteiger charge is -2.15. The van der Waals surface area contributed by atoms with Crippen molar-refractivity contribution in [1.29, 1.82) is 0 Å². The number of benzene rings is 2. The number of anilines is 4. The van der Waals surface area contributed by atoms with E-state index in [0.29, 0.717) is 17.1 Å². The summed E-state index contributed by atoms with van der Waals surface area (Å²) in [6, 6.07) is 12.4. The van der Waals surface area contributed by atoms with E-state index < -0.39 is 11.7 Å².